The lowest BCUT2D eigenvalue weighted by molar-refractivity contribution is -0.135. The third-order valence-corrected chi connectivity index (χ3v) is 8.20. The van der Waals surface area contributed by atoms with Gasteiger partial charge >= 0.3 is 6.09 Å². The molecular formula is C29H32N4O6S. The summed E-state index contributed by atoms with van der Waals surface area (Å²) in [6, 6.07) is 15.0. The van der Waals surface area contributed by atoms with Crippen LogP contribution in [-0.4, -0.2) is 68.0 Å². The normalized spacial score (nSPS) is 21.1. The van der Waals surface area contributed by atoms with E-state index in [0.29, 0.717) is 25.0 Å². The van der Waals surface area contributed by atoms with Crippen molar-refractivity contribution in [1.82, 2.24) is 10.2 Å². The van der Waals surface area contributed by atoms with Gasteiger partial charge in [0.15, 0.2) is 9.84 Å². The highest BCUT2D eigenvalue weighted by atomic mass is 32.2. The summed E-state index contributed by atoms with van der Waals surface area (Å²) in [5.41, 5.74) is 0.368. The molecule has 40 heavy (non-hydrogen) atoms. The van der Waals surface area contributed by atoms with Crippen LogP contribution in [0.3, 0.4) is 0 Å². The quantitative estimate of drug-likeness (QED) is 0.561. The first-order chi connectivity index (χ1) is 18.8. The number of fused-ring (bicyclic) bond motifs is 2. The van der Waals surface area contributed by atoms with Crippen molar-refractivity contribution in [3.8, 4) is 23.3 Å². The van der Waals surface area contributed by atoms with Crippen LogP contribution in [0.1, 0.15) is 44.7 Å². The zero-order chi connectivity index (χ0) is 29.3. The van der Waals surface area contributed by atoms with Crippen molar-refractivity contribution in [3.05, 3.63) is 53.6 Å². The van der Waals surface area contributed by atoms with Crippen LogP contribution in [-0.2, 0) is 30.5 Å². The maximum absolute atomic E-state index is 13.6. The van der Waals surface area contributed by atoms with Gasteiger partial charge in [-0.2, -0.15) is 10.5 Å². The molecule has 2 aromatic carbocycles. The number of amides is 2. The molecule has 11 heteroatoms. The molecule has 0 spiro atoms. The first kappa shape index (κ1) is 29.1. The lowest BCUT2D eigenvalue weighted by atomic mass is 9.88. The summed E-state index contributed by atoms with van der Waals surface area (Å²) in [6.45, 7) is 5.86. The van der Waals surface area contributed by atoms with Gasteiger partial charge in [-0.3, -0.25) is 9.69 Å². The van der Waals surface area contributed by atoms with Crippen molar-refractivity contribution in [2.75, 3.05) is 19.4 Å². The van der Waals surface area contributed by atoms with Gasteiger partial charge < -0.3 is 14.8 Å². The number of ether oxygens (including phenoxy) is 2. The first-order valence-electron chi connectivity index (χ1n) is 12.9. The Morgan fingerprint density at radius 1 is 1.18 bits per heavy atom. The minimum atomic E-state index is -3.59. The highest BCUT2D eigenvalue weighted by Gasteiger charge is 2.57. The number of nitrogens with zero attached hydrogens (tertiary/aromatic N) is 3. The molecule has 2 aromatic rings. The van der Waals surface area contributed by atoms with Crippen molar-refractivity contribution in [1.29, 1.82) is 10.5 Å². The number of nitriles is 2. The topological polar surface area (TPSA) is 150 Å². The van der Waals surface area contributed by atoms with Crippen LogP contribution >= 0.6 is 0 Å². The molecule has 0 aliphatic carbocycles. The highest BCUT2D eigenvalue weighted by Crippen LogP contribution is 2.39. The SMILES string of the molecule is CC(C)(C)OC(=O)N1C[C@H]2C[C@]1(C(=O)N[C@H](C#N)Cc1ccc(-c3ccc(C#N)c(S(C)(=O)=O)c3)cc1)CCO2. The van der Waals surface area contributed by atoms with Gasteiger partial charge in [0.25, 0.3) is 0 Å². The number of sulfone groups is 1. The Morgan fingerprint density at radius 3 is 2.45 bits per heavy atom. The van der Waals surface area contributed by atoms with E-state index in [0.717, 1.165) is 17.4 Å². The van der Waals surface area contributed by atoms with Crippen molar-refractivity contribution < 1.29 is 27.5 Å². The molecule has 210 valence electrons. The molecule has 0 radical (unpaired) electrons. The van der Waals surface area contributed by atoms with Crippen LogP contribution in [0.25, 0.3) is 11.1 Å². The van der Waals surface area contributed by atoms with Gasteiger partial charge in [0.1, 0.15) is 23.3 Å². The molecule has 0 saturated carbocycles. The number of likely N-dealkylation sites (tertiary alicyclic amines) is 1. The second-order valence-electron chi connectivity index (χ2n) is 11.2. The molecule has 3 atom stereocenters. The van der Waals surface area contributed by atoms with Crippen LogP contribution in [0.5, 0.6) is 0 Å². The Kier molecular flexibility index (Phi) is 7.93. The van der Waals surface area contributed by atoms with Crippen LogP contribution in [0.4, 0.5) is 4.79 Å². The third kappa shape index (κ3) is 6.11. The predicted octanol–water partition coefficient (Wildman–Crippen LogP) is 3.35. The maximum Gasteiger partial charge on any atom is 0.411 e. The minimum Gasteiger partial charge on any atom is -0.444 e. The lowest BCUT2D eigenvalue weighted by Crippen LogP contribution is -2.60. The van der Waals surface area contributed by atoms with Gasteiger partial charge in [0, 0.05) is 32.1 Å². The van der Waals surface area contributed by atoms with E-state index in [1.807, 2.05) is 6.07 Å². The van der Waals surface area contributed by atoms with Gasteiger partial charge in [-0.05, 0) is 49.6 Å². The zero-order valence-electron chi connectivity index (χ0n) is 22.9. The van der Waals surface area contributed by atoms with E-state index in [4.69, 9.17) is 9.47 Å². The Balaban J connectivity index is 1.49. The molecule has 2 heterocycles. The number of carbonyl (C=O) groups excluding carboxylic acids is 2. The smallest absolute Gasteiger partial charge is 0.411 e. The summed E-state index contributed by atoms with van der Waals surface area (Å²) in [5.74, 6) is -0.404. The molecule has 0 unspecified atom stereocenters. The van der Waals surface area contributed by atoms with Crippen molar-refractivity contribution in [3.63, 3.8) is 0 Å². The fourth-order valence-electron chi connectivity index (χ4n) is 5.16. The summed E-state index contributed by atoms with van der Waals surface area (Å²) in [7, 11) is -3.59. The molecule has 2 amide bonds. The third-order valence-electron chi connectivity index (χ3n) is 7.06. The second kappa shape index (κ2) is 10.9. The minimum absolute atomic E-state index is 0.0362. The fraction of sp³-hybridized carbons (Fsp3) is 0.448. The molecule has 4 rings (SSSR count). The average Bonchev–Trinajstić information content (AvgIpc) is 3.17. The van der Waals surface area contributed by atoms with Gasteiger partial charge in [0.05, 0.1) is 29.2 Å². The van der Waals surface area contributed by atoms with Crippen LogP contribution < -0.4 is 5.32 Å². The molecular weight excluding hydrogens is 532 g/mol. The Hall–Kier alpha value is -3.93. The number of nitrogens with one attached hydrogen (secondary N) is 1. The van der Waals surface area contributed by atoms with Gasteiger partial charge in [-0.15, -0.1) is 0 Å². The van der Waals surface area contributed by atoms with Crippen molar-refractivity contribution >= 4 is 21.8 Å². The van der Waals surface area contributed by atoms with Gasteiger partial charge in [0.2, 0.25) is 5.91 Å². The van der Waals surface area contributed by atoms with E-state index in [-0.39, 0.29) is 29.5 Å². The van der Waals surface area contributed by atoms with Gasteiger partial charge in [-0.25, -0.2) is 13.2 Å². The lowest BCUT2D eigenvalue weighted by Gasteiger charge is -2.38. The zero-order valence-corrected chi connectivity index (χ0v) is 23.7. The van der Waals surface area contributed by atoms with E-state index in [1.54, 1.807) is 51.1 Å². The summed E-state index contributed by atoms with van der Waals surface area (Å²) in [4.78, 5) is 28.0. The first-order valence-corrected chi connectivity index (χ1v) is 14.8. The highest BCUT2D eigenvalue weighted by molar-refractivity contribution is 7.90. The van der Waals surface area contributed by atoms with E-state index in [2.05, 4.69) is 11.4 Å². The predicted molar refractivity (Wildman–Crippen MR) is 146 cm³/mol. The largest absolute Gasteiger partial charge is 0.444 e. The molecule has 1 N–H and O–H groups in total. The van der Waals surface area contributed by atoms with Crippen LogP contribution in [0.15, 0.2) is 47.4 Å². The van der Waals surface area contributed by atoms with Crippen LogP contribution in [0.2, 0.25) is 0 Å². The number of hydrogen-bond acceptors (Lipinski definition) is 8. The molecule has 2 bridgehead atoms. The summed E-state index contributed by atoms with van der Waals surface area (Å²) in [6.07, 6.45) is 1.08. The Morgan fingerprint density at radius 2 is 1.85 bits per heavy atom. The van der Waals surface area contributed by atoms with E-state index in [1.165, 1.54) is 17.0 Å². The molecule has 2 saturated heterocycles. The van der Waals surface area contributed by atoms with Crippen molar-refractivity contribution in [2.24, 2.45) is 0 Å². The average molecular weight is 565 g/mol. The monoisotopic (exact) mass is 564 g/mol. The molecule has 0 aromatic heterocycles. The fourth-order valence-corrected chi connectivity index (χ4v) is 6.01. The summed E-state index contributed by atoms with van der Waals surface area (Å²) < 4.78 is 35.5. The number of hydrogen-bond donors (Lipinski definition) is 1. The van der Waals surface area contributed by atoms with E-state index < -0.39 is 39.0 Å². The van der Waals surface area contributed by atoms with E-state index >= 15 is 0 Å². The Bertz CT molecular complexity index is 1500. The number of benzene rings is 2. The standard InChI is InChI=1S/C29H32N4O6S/c1-28(2,3)39-27(35)33-18-24-15-29(33,11-12-38-24)26(34)32-23(17-31)13-19-5-7-20(8-6-19)21-9-10-22(16-30)25(14-21)40(4,36)37/h5-10,14,23-24H,11-13,15,18H2,1-4H3,(H,32,34)/t23-,24+,29-/m0/s1. The number of rotatable bonds is 6. The summed E-state index contributed by atoms with van der Waals surface area (Å²) >= 11 is 0. The molecule has 2 fully saturated rings. The van der Waals surface area contributed by atoms with Crippen LogP contribution in [0, 0.1) is 22.7 Å². The summed E-state index contributed by atoms with van der Waals surface area (Å²) in [5, 5.41) is 21.9. The van der Waals surface area contributed by atoms with Gasteiger partial charge in [-0.1, -0.05) is 30.3 Å². The van der Waals surface area contributed by atoms with E-state index in [9.17, 15) is 28.5 Å². The maximum atomic E-state index is 13.6. The molecule has 2 aliphatic rings. The molecule has 10 nitrogen and oxygen atoms in total. The second-order valence-corrected chi connectivity index (χ2v) is 13.2. The van der Waals surface area contributed by atoms with Crippen molar-refractivity contribution in [2.45, 2.75) is 68.2 Å². The Labute approximate surface area is 234 Å². The number of carbonyl (C=O) groups is 2. The molecule has 2 aliphatic heterocycles.